The summed E-state index contributed by atoms with van der Waals surface area (Å²) in [5.41, 5.74) is 3.20. The number of aromatic hydroxyl groups is 1. The molecule has 0 aliphatic carbocycles. The molecule has 0 bridgehead atoms. The number of phenols is 1. The van der Waals surface area contributed by atoms with Gasteiger partial charge in [-0.05, 0) is 36.6 Å². The first-order chi connectivity index (χ1) is 9.59. The van der Waals surface area contributed by atoms with Crippen LogP contribution in [0.1, 0.15) is 16.7 Å². The molecule has 3 heteroatoms. The average molecular weight is 309 g/mol. The van der Waals surface area contributed by atoms with E-state index in [2.05, 4.69) is 31.2 Å². The van der Waals surface area contributed by atoms with Gasteiger partial charge in [-0.3, -0.25) is 0 Å². The normalized spacial score (nSPS) is 11.6. The van der Waals surface area contributed by atoms with Gasteiger partial charge in [0.2, 0.25) is 0 Å². The van der Waals surface area contributed by atoms with E-state index >= 15 is 0 Å². The largest absolute Gasteiger partial charge is 0.508 e. The minimum absolute atomic E-state index is 0.270. The summed E-state index contributed by atoms with van der Waals surface area (Å²) >= 11 is 12.5. The molecule has 0 unspecified atom stereocenters. The lowest BCUT2D eigenvalue weighted by molar-refractivity contribution is 0.474. The summed E-state index contributed by atoms with van der Waals surface area (Å²) in [5.74, 6) is 1.19. The van der Waals surface area contributed by atoms with Gasteiger partial charge in [-0.15, -0.1) is 23.2 Å². The van der Waals surface area contributed by atoms with E-state index in [9.17, 15) is 5.11 Å². The van der Waals surface area contributed by atoms with Gasteiger partial charge in [0.25, 0.3) is 0 Å². The van der Waals surface area contributed by atoms with E-state index in [4.69, 9.17) is 23.2 Å². The second kappa shape index (κ2) is 6.51. The van der Waals surface area contributed by atoms with Gasteiger partial charge < -0.3 is 5.11 Å². The van der Waals surface area contributed by atoms with Crippen molar-refractivity contribution in [2.45, 2.75) is 18.8 Å². The van der Waals surface area contributed by atoms with Crippen LogP contribution in [0, 0.1) is 6.92 Å². The van der Waals surface area contributed by atoms with Crippen molar-refractivity contribution in [1.29, 1.82) is 0 Å². The Morgan fingerprint density at radius 2 is 1.45 bits per heavy atom. The highest BCUT2D eigenvalue weighted by atomic mass is 35.5. The second-order valence-corrected chi connectivity index (χ2v) is 5.79. The van der Waals surface area contributed by atoms with E-state index in [1.54, 1.807) is 12.1 Å². The highest BCUT2D eigenvalue weighted by Crippen LogP contribution is 2.32. The Labute approximate surface area is 130 Å². The fraction of sp³-hybridized carbons (Fsp3) is 0.294. The fourth-order valence-electron chi connectivity index (χ4n) is 2.30. The molecule has 0 fully saturated rings. The molecule has 0 amide bonds. The van der Waals surface area contributed by atoms with Crippen molar-refractivity contribution in [1.82, 2.24) is 0 Å². The zero-order chi connectivity index (χ0) is 14.6. The van der Waals surface area contributed by atoms with E-state index in [0.717, 1.165) is 17.5 Å². The molecule has 20 heavy (non-hydrogen) atoms. The van der Waals surface area contributed by atoms with Gasteiger partial charge in [0.05, 0.1) is 0 Å². The lowest BCUT2D eigenvalue weighted by Crippen LogP contribution is -2.33. The van der Waals surface area contributed by atoms with Crippen molar-refractivity contribution in [2.24, 2.45) is 0 Å². The molecule has 0 aromatic heterocycles. The van der Waals surface area contributed by atoms with Crippen molar-refractivity contribution >= 4 is 23.2 Å². The van der Waals surface area contributed by atoms with Crippen LogP contribution in [0.5, 0.6) is 5.75 Å². The summed E-state index contributed by atoms with van der Waals surface area (Å²) in [4.78, 5) is 0. The molecule has 106 valence electrons. The lowest BCUT2D eigenvalue weighted by Gasteiger charge is -2.30. The van der Waals surface area contributed by atoms with Gasteiger partial charge >= 0.3 is 0 Å². The molecular formula is C17H18Cl2O. The van der Waals surface area contributed by atoms with Crippen LogP contribution >= 0.6 is 23.2 Å². The van der Waals surface area contributed by atoms with Crippen molar-refractivity contribution in [3.63, 3.8) is 0 Å². The highest BCUT2D eigenvalue weighted by molar-refractivity contribution is 6.22. The molecule has 2 rings (SSSR count). The van der Waals surface area contributed by atoms with E-state index in [1.807, 2.05) is 12.1 Å². The maximum atomic E-state index is 9.36. The Morgan fingerprint density at radius 3 is 1.95 bits per heavy atom. The predicted octanol–water partition coefficient (Wildman–Crippen LogP) is 4.66. The first kappa shape index (κ1) is 15.2. The molecule has 0 atom stereocenters. The molecule has 0 aliphatic heterocycles. The standard InChI is InChI=1S/C17H18Cl2O/c1-13-2-6-15(7-3-13)17(11-18,12-19)10-14-4-8-16(20)9-5-14/h2-9,20H,10-12H2,1H3. The van der Waals surface area contributed by atoms with Gasteiger partial charge in [0.15, 0.2) is 0 Å². The number of halogens is 2. The minimum atomic E-state index is -0.284. The maximum Gasteiger partial charge on any atom is 0.115 e. The zero-order valence-corrected chi connectivity index (χ0v) is 13.0. The van der Waals surface area contributed by atoms with Crippen LogP contribution in [-0.2, 0) is 11.8 Å². The topological polar surface area (TPSA) is 20.2 Å². The number of hydrogen-bond donors (Lipinski definition) is 1. The number of hydrogen-bond acceptors (Lipinski definition) is 1. The van der Waals surface area contributed by atoms with E-state index in [0.29, 0.717) is 11.8 Å². The van der Waals surface area contributed by atoms with Crippen LogP contribution in [0.2, 0.25) is 0 Å². The number of alkyl halides is 2. The highest BCUT2D eigenvalue weighted by Gasteiger charge is 2.30. The molecule has 1 nitrogen and oxygen atoms in total. The molecular weight excluding hydrogens is 291 g/mol. The third kappa shape index (κ3) is 3.28. The Kier molecular flexibility index (Phi) is 4.95. The van der Waals surface area contributed by atoms with Crippen LogP contribution in [0.15, 0.2) is 48.5 Å². The zero-order valence-electron chi connectivity index (χ0n) is 11.4. The molecule has 2 aromatic rings. The monoisotopic (exact) mass is 308 g/mol. The maximum absolute atomic E-state index is 9.36. The smallest absolute Gasteiger partial charge is 0.115 e. The summed E-state index contributed by atoms with van der Waals surface area (Å²) in [6.45, 7) is 2.06. The lowest BCUT2D eigenvalue weighted by atomic mass is 9.78. The summed E-state index contributed by atoms with van der Waals surface area (Å²) in [6, 6.07) is 15.6. The molecule has 0 saturated carbocycles. The molecule has 2 aromatic carbocycles. The first-order valence-electron chi connectivity index (χ1n) is 6.57. The molecule has 1 N–H and O–H groups in total. The fourth-order valence-corrected chi connectivity index (χ4v) is 3.08. The SMILES string of the molecule is Cc1ccc(C(CCl)(CCl)Cc2ccc(O)cc2)cc1. The van der Waals surface area contributed by atoms with E-state index in [-0.39, 0.29) is 11.2 Å². The third-order valence-electron chi connectivity index (χ3n) is 3.65. The quantitative estimate of drug-likeness (QED) is 0.797. The van der Waals surface area contributed by atoms with Crippen molar-refractivity contribution in [3.8, 4) is 5.75 Å². The Morgan fingerprint density at radius 1 is 0.900 bits per heavy atom. The van der Waals surface area contributed by atoms with E-state index < -0.39 is 0 Å². The molecule has 0 radical (unpaired) electrons. The summed E-state index contributed by atoms with van der Waals surface area (Å²) in [6.07, 6.45) is 0.753. The number of phenolic OH excluding ortho intramolecular Hbond substituents is 1. The van der Waals surface area contributed by atoms with Crippen LogP contribution < -0.4 is 0 Å². The Bertz CT molecular complexity index is 542. The number of benzene rings is 2. The molecule has 0 heterocycles. The van der Waals surface area contributed by atoms with E-state index in [1.165, 1.54) is 5.56 Å². The van der Waals surface area contributed by atoms with Crippen molar-refractivity contribution < 1.29 is 5.11 Å². The van der Waals surface area contributed by atoms with Gasteiger partial charge in [0, 0.05) is 17.2 Å². The van der Waals surface area contributed by atoms with Crippen LogP contribution in [0.25, 0.3) is 0 Å². The van der Waals surface area contributed by atoms with Gasteiger partial charge in [0.1, 0.15) is 5.75 Å². The average Bonchev–Trinajstić information content (AvgIpc) is 2.48. The van der Waals surface area contributed by atoms with Crippen molar-refractivity contribution in [3.05, 3.63) is 65.2 Å². The number of aryl methyl sites for hydroxylation is 1. The Hall–Kier alpha value is -1.18. The van der Waals surface area contributed by atoms with Crippen molar-refractivity contribution in [2.75, 3.05) is 11.8 Å². The number of rotatable bonds is 5. The second-order valence-electron chi connectivity index (χ2n) is 5.26. The van der Waals surface area contributed by atoms with Gasteiger partial charge in [-0.1, -0.05) is 42.0 Å². The molecule has 0 spiro atoms. The van der Waals surface area contributed by atoms with Crippen LogP contribution in [-0.4, -0.2) is 16.9 Å². The van der Waals surface area contributed by atoms with Gasteiger partial charge in [-0.2, -0.15) is 0 Å². The summed E-state index contributed by atoms with van der Waals surface area (Å²) in [5, 5.41) is 9.36. The Balaban J connectivity index is 2.33. The predicted molar refractivity (Wildman–Crippen MR) is 86.1 cm³/mol. The van der Waals surface area contributed by atoms with Crippen LogP contribution in [0.4, 0.5) is 0 Å². The molecule has 0 aliphatic rings. The third-order valence-corrected chi connectivity index (χ3v) is 4.68. The molecule has 0 saturated heterocycles. The summed E-state index contributed by atoms with van der Waals surface area (Å²) < 4.78 is 0. The summed E-state index contributed by atoms with van der Waals surface area (Å²) in [7, 11) is 0. The van der Waals surface area contributed by atoms with Crippen LogP contribution in [0.3, 0.4) is 0 Å². The minimum Gasteiger partial charge on any atom is -0.508 e. The van der Waals surface area contributed by atoms with Gasteiger partial charge in [-0.25, -0.2) is 0 Å². The first-order valence-corrected chi connectivity index (χ1v) is 7.63.